The van der Waals surface area contributed by atoms with Crippen molar-refractivity contribution in [3.63, 3.8) is 0 Å². The summed E-state index contributed by atoms with van der Waals surface area (Å²) in [6.45, 7) is 3.09. The maximum atomic E-state index is 12.9. The molecule has 0 fully saturated rings. The van der Waals surface area contributed by atoms with E-state index >= 15 is 0 Å². The van der Waals surface area contributed by atoms with Gasteiger partial charge in [0.05, 0.1) is 12.1 Å². The molecule has 0 aliphatic heterocycles. The van der Waals surface area contributed by atoms with Gasteiger partial charge in [-0.2, -0.15) is 0 Å². The van der Waals surface area contributed by atoms with Crippen LogP contribution < -0.4 is 4.90 Å². The zero-order valence-corrected chi connectivity index (χ0v) is 11.9. The number of hydrogen-bond donors (Lipinski definition) is 1. The van der Waals surface area contributed by atoms with Crippen molar-refractivity contribution in [3.05, 3.63) is 35.5 Å². The molecule has 0 radical (unpaired) electrons. The number of benzene rings is 1. The topological polar surface area (TPSA) is 53.4 Å². The lowest BCUT2D eigenvalue weighted by Crippen LogP contribution is -2.25. The molecule has 1 heterocycles. The van der Waals surface area contributed by atoms with Crippen molar-refractivity contribution >= 4 is 22.4 Å². The molecule has 0 unspecified atom stereocenters. The van der Waals surface area contributed by atoms with Crippen LogP contribution in [0.4, 0.5) is 9.52 Å². The number of thiazole rings is 1. The summed E-state index contributed by atoms with van der Waals surface area (Å²) in [6, 6.07) is 6.16. The number of aromatic nitrogens is 1. The van der Waals surface area contributed by atoms with E-state index in [0.29, 0.717) is 13.1 Å². The molecule has 1 aromatic carbocycles. The Balaban J connectivity index is 2.14. The van der Waals surface area contributed by atoms with Crippen molar-refractivity contribution in [1.82, 2.24) is 4.98 Å². The van der Waals surface area contributed by atoms with Crippen molar-refractivity contribution in [3.8, 4) is 11.3 Å². The summed E-state index contributed by atoms with van der Waals surface area (Å²) < 4.78 is 12.9. The number of aliphatic carboxylic acids is 1. The monoisotopic (exact) mass is 294 g/mol. The first kappa shape index (κ1) is 14.5. The minimum Gasteiger partial charge on any atom is -0.481 e. The van der Waals surface area contributed by atoms with Crippen molar-refractivity contribution in [1.29, 1.82) is 0 Å². The molecule has 1 aromatic heterocycles. The number of halogens is 1. The molecule has 0 spiro atoms. The lowest BCUT2D eigenvalue weighted by Gasteiger charge is -2.18. The highest BCUT2D eigenvalue weighted by atomic mass is 32.1. The van der Waals surface area contributed by atoms with E-state index in [2.05, 4.69) is 4.98 Å². The summed E-state index contributed by atoms with van der Waals surface area (Å²) >= 11 is 1.46. The van der Waals surface area contributed by atoms with E-state index < -0.39 is 5.97 Å². The van der Waals surface area contributed by atoms with Gasteiger partial charge in [-0.15, -0.1) is 11.3 Å². The molecule has 4 nitrogen and oxygen atoms in total. The van der Waals surface area contributed by atoms with Crippen LogP contribution in [0.2, 0.25) is 0 Å². The van der Waals surface area contributed by atoms with Crippen LogP contribution in [-0.4, -0.2) is 29.1 Å². The second-order valence-electron chi connectivity index (χ2n) is 4.25. The second kappa shape index (κ2) is 6.47. The van der Waals surface area contributed by atoms with Crippen LogP contribution in [0.25, 0.3) is 11.3 Å². The van der Waals surface area contributed by atoms with E-state index in [0.717, 1.165) is 16.4 Å². The van der Waals surface area contributed by atoms with Gasteiger partial charge in [0.1, 0.15) is 5.82 Å². The summed E-state index contributed by atoms with van der Waals surface area (Å²) in [5.41, 5.74) is 1.63. The quantitative estimate of drug-likeness (QED) is 0.888. The predicted molar refractivity (Wildman–Crippen MR) is 77.6 cm³/mol. The van der Waals surface area contributed by atoms with Gasteiger partial charge in [-0.3, -0.25) is 4.79 Å². The Morgan fingerprint density at radius 2 is 2.10 bits per heavy atom. The smallest absolute Gasteiger partial charge is 0.305 e. The van der Waals surface area contributed by atoms with Gasteiger partial charge in [-0.1, -0.05) is 0 Å². The maximum Gasteiger partial charge on any atom is 0.305 e. The van der Waals surface area contributed by atoms with E-state index in [-0.39, 0.29) is 12.2 Å². The zero-order valence-electron chi connectivity index (χ0n) is 11.0. The van der Waals surface area contributed by atoms with Crippen LogP contribution >= 0.6 is 11.3 Å². The fraction of sp³-hybridized carbons (Fsp3) is 0.286. The molecule has 20 heavy (non-hydrogen) atoms. The zero-order chi connectivity index (χ0) is 14.5. The summed E-state index contributed by atoms with van der Waals surface area (Å²) in [7, 11) is 0. The SMILES string of the molecule is CCN(CCC(=O)O)c1nc(-c2ccc(F)cc2)cs1. The van der Waals surface area contributed by atoms with Gasteiger partial charge >= 0.3 is 5.97 Å². The maximum absolute atomic E-state index is 12.9. The van der Waals surface area contributed by atoms with E-state index in [1.165, 1.54) is 23.5 Å². The van der Waals surface area contributed by atoms with Gasteiger partial charge in [0.15, 0.2) is 5.13 Å². The summed E-state index contributed by atoms with van der Waals surface area (Å²) in [5, 5.41) is 11.4. The molecular formula is C14H15FN2O2S. The van der Waals surface area contributed by atoms with Crippen LogP contribution in [0.15, 0.2) is 29.6 Å². The Morgan fingerprint density at radius 3 is 2.70 bits per heavy atom. The number of hydrogen-bond acceptors (Lipinski definition) is 4. The molecule has 6 heteroatoms. The van der Waals surface area contributed by atoms with Gasteiger partial charge in [-0.25, -0.2) is 9.37 Å². The molecule has 0 saturated carbocycles. The van der Waals surface area contributed by atoms with Crippen molar-refractivity contribution in [2.45, 2.75) is 13.3 Å². The van der Waals surface area contributed by atoms with Gasteiger partial charge in [0.2, 0.25) is 0 Å². The second-order valence-corrected chi connectivity index (χ2v) is 5.08. The first-order valence-corrected chi connectivity index (χ1v) is 7.16. The third-order valence-corrected chi connectivity index (χ3v) is 3.78. The summed E-state index contributed by atoms with van der Waals surface area (Å²) in [5.74, 6) is -1.10. The number of carboxylic acid groups (broad SMARTS) is 1. The van der Waals surface area contributed by atoms with Crippen molar-refractivity contribution < 1.29 is 14.3 Å². The first-order chi connectivity index (χ1) is 9.60. The molecule has 0 aliphatic rings. The molecule has 0 atom stereocenters. The molecule has 0 aliphatic carbocycles. The Kier molecular flexibility index (Phi) is 4.68. The fourth-order valence-corrected chi connectivity index (χ4v) is 2.71. The van der Waals surface area contributed by atoms with Gasteiger partial charge in [0, 0.05) is 24.0 Å². The van der Waals surface area contributed by atoms with Crippen molar-refractivity contribution in [2.75, 3.05) is 18.0 Å². The number of carbonyl (C=O) groups is 1. The highest BCUT2D eigenvalue weighted by molar-refractivity contribution is 7.14. The highest BCUT2D eigenvalue weighted by Gasteiger charge is 2.12. The normalized spacial score (nSPS) is 10.5. The third-order valence-electron chi connectivity index (χ3n) is 2.88. The molecule has 0 amide bonds. The van der Waals surface area contributed by atoms with Crippen molar-refractivity contribution in [2.24, 2.45) is 0 Å². The minimum atomic E-state index is -0.821. The molecule has 106 valence electrons. The highest BCUT2D eigenvalue weighted by Crippen LogP contribution is 2.27. The summed E-state index contributed by atoms with van der Waals surface area (Å²) in [4.78, 5) is 17.0. The molecule has 0 saturated heterocycles. The van der Waals surface area contributed by atoms with E-state index in [9.17, 15) is 9.18 Å². The molecule has 2 rings (SSSR count). The van der Waals surface area contributed by atoms with Crippen LogP contribution in [0.5, 0.6) is 0 Å². The minimum absolute atomic E-state index is 0.0826. The average molecular weight is 294 g/mol. The molecule has 0 bridgehead atoms. The van der Waals surface area contributed by atoms with E-state index in [1.54, 1.807) is 12.1 Å². The predicted octanol–water partition coefficient (Wildman–Crippen LogP) is 3.25. The number of nitrogens with zero attached hydrogens (tertiary/aromatic N) is 2. The third kappa shape index (κ3) is 3.54. The van der Waals surface area contributed by atoms with Crippen LogP contribution in [0.1, 0.15) is 13.3 Å². The summed E-state index contributed by atoms with van der Waals surface area (Å²) in [6.07, 6.45) is 0.0826. The van der Waals surface area contributed by atoms with Gasteiger partial charge < -0.3 is 10.0 Å². The Hall–Kier alpha value is -1.95. The number of anilines is 1. The van der Waals surface area contributed by atoms with Crippen LogP contribution in [0, 0.1) is 5.82 Å². The van der Waals surface area contributed by atoms with Crippen LogP contribution in [0.3, 0.4) is 0 Å². The fourth-order valence-electron chi connectivity index (χ4n) is 1.78. The molecule has 1 N–H and O–H groups in total. The van der Waals surface area contributed by atoms with E-state index in [4.69, 9.17) is 5.11 Å². The van der Waals surface area contributed by atoms with Gasteiger partial charge in [0.25, 0.3) is 0 Å². The standard InChI is InChI=1S/C14H15FN2O2S/c1-2-17(8-7-13(18)19)14-16-12(9-20-14)10-3-5-11(15)6-4-10/h3-6,9H,2,7-8H2,1H3,(H,18,19). The lowest BCUT2D eigenvalue weighted by atomic mass is 10.2. The Bertz CT molecular complexity index is 583. The van der Waals surface area contributed by atoms with E-state index in [1.807, 2.05) is 17.2 Å². The molecule has 2 aromatic rings. The largest absolute Gasteiger partial charge is 0.481 e. The first-order valence-electron chi connectivity index (χ1n) is 6.28. The molecular weight excluding hydrogens is 279 g/mol. The number of carboxylic acids is 1. The Morgan fingerprint density at radius 1 is 1.40 bits per heavy atom. The van der Waals surface area contributed by atoms with Gasteiger partial charge in [-0.05, 0) is 31.2 Å². The Labute approximate surface area is 120 Å². The lowest BCUT2D eigenvalue weighted by molar-refractivity contribution is -0.136. The number of rotatable bonds is 6. The average Bonchev–Trinajstić information content (AvgIpc) is 2.89. The van der Waals surface area contributed by atoms with Crippen LogP contribution in [-0.2, 0) is 4.79 Å².